The summed E-state index contributed by atoms with van der Waals surface area (Å²) in [6, 6.07) is 14.3. The molecule has 176 valence electrons. The van der Waals surface area contributed by atoms with Gasteiger partial charge in [-0.15, -0.1) is 0 Å². The highest BCUT2D eigenvalue weighted by molar-refractivity contribution is 6.31. The maximum absolute atomic E-state index is 13.3. The Kier molecular flexibility index (Phi) is 8.74. The van der Waals surface area contributed by atoms with Crippen molar-refractivity contribution in [2.75, 3.05) is 5.32 Å². The van der Waals surface area contributed by atoms with Crippen LogP contribution in [0.4, 0.5) is 5.69 Å². The number of amides is 1. The van der Waals surface area contributed by atoms with Crippen LogP contribution < -0.4 is 5.32 Å². The van der Waals surface area contributed by atoms with Crippen LogP contribution in [0.15, 0.2) is 61.2 Å². The number of rotatable bonds is 10. The summed E-state index contributed by atoms with van der Waals surface area (Å²) in [6.45, 7) is 9.43. The van der Waals surface area contributed by atoms with Gasteiger partial charge in [-0.2, -0.15) is 0 Å². The summed E-state index contributed by atoms with van der Waals surface area (Å²) in [6.07, 6.45) is 10.3. The predicted octanol–water partition coefficient (Wildman–Crippen LogP) is 7.58. The standard InChI is InChI=1S/C28H36ClN3O/c1-5-6-7-10-22(23-11-8-9-12-25(23)29)18-27(33)31-26-17-21(19-32-16-15-30-20-32)13-14-24(26)28(2,3)4/h8-9,11-17,20,22H,5-7,10,18-19H2,1-4H3,(H,31,33). The molecule has 5 heteroatoms. The molecule has 3 rings (SSSR count). The smallest absolute Gasteiger partial charge is 0.224 e. The van der Waals surface area contributed by atoms with Gasteiger partial charge in [0.1, 0.15) is 0 Å². The Morgan fingerprint density at radius 1 is 1.15 bits per heavy atom. The van der Waals surface area contributed by atoms with E-state index in [1.807, 2.05) is 29.0 Å². The first-order valence-electron chi connectivity index (χ1n) is 11.9. The minimum Gasteiger partial charge on any atom is -0.333 e. The van der Waals surface area contributed by atoms with Gasteiger partial charge in [0.2, 0.25) is 5.91 Å². The molecule has 1 unspecified atom stereocenters. The summed E-state index contributed by atoms with van der Waals surface area (Å²) in [7, 11) is 0. The summed E-state index contributed by atoms with van der Waals surface area (Å²) >= 11 is 6.51. The third kappa shape index (κ3) is 7.20. The van der Waals surface area contributed by atoms with E-state index in [2.05, 4.69) is 62.3 Å². The van der Waals surface area contributed by atoms with Crippen molar-refractivity contribution in [2.24, 2.45) is 0 Å². The Labute approximate surface area is 203 Å². The molecule has 4 nitrogen and oxygen atoms in total. The van der Waals surface area contributed by atoms with Crippen LogP contribution in [0.5, 0.6) is 0 Å². The van der Waals surface area contributed by atoms with Crippen molar-refractivity contribution in [3.05, 3.63) is 82.9 Å². The number of anilines is 1. The SMILES string of the molecule is CCCCCC(CC(=O)Nc1cc(Cn2ccnc2)ccc1C(C)(C)C)c1ccccc1Cl. The van der Waals surface area contributed by atoms with Crippen LogP contribution in [-0.4, -0.2) is 15.5 Å². The number of hydrogen-bond donors (Lipinski definition) is 1. The van der Waals surface area contributed by atoms with Gasteiger partial charge >= 0.3 is 0 Å². The number of halogens is 1. The molecule has 0 aliphatic heterocycles. The Balaban J connectivity index is 1.81. The minimum atomic E-state index is -0.0839. The van der Waals surface area contributed by atoms with E-state index < -0.39 is 0 Å². The molecule has 0 spiro atoms. The third-order valence-corrected chi connectivity index (χ3v) is 6.37. The van der Waals surface area contributed by atoms with Crippen LogP contribution in [0.25, 0.3) is 0 Å². The number of aromatic nitrogens is 2. The lowest BCUT2D eigenvalue weighted by molar-refractivity contribution is -0.116. The number of benzene rings is 2. The average Bonchev–Trinajstić information content (AvgIpc) is 3.26. The fourth-order valence-electron chi connectivity index (χ4n) is 4.28. The van der Waals surface area contributed by atoms with E-state index in [4.69, 9.17) is 11.6 Å². The molecule has 0 saturated heterocycles. The quantitative estimate of drug-likeness (QED) is 0.314. The van der Waals surface area contributed by atoms with Crippen LogP contribution in [-0.2, 0) is 16.8 Å². The second-order valence-corrected chi connectivity index (χ2v) is 10.2. The van der Waals surface area contributed by atoms with Gasteiger partial charge in [0, 0.05) is 36.1 Å². The molecule has 1 N–H and O–H groups in total. The van der Waals surface area contributed by atoms with Crippen molar-refractivity contribution >= 4 is 23.2 Å². The van der Waals surface area contributed by atoms with E-state index in [-0.39, 0.29) is 17.2 Å². The lowest BCUT2D eigenvalue weighted by Gasteiger charge is -2.25. The minimum absolute atomic E-state index is 0.0294. The number of unbranched alkanes of at least 4 members (excludes halogenated alkanes) is 2. The van der Waals surface area contributed by atoms with Gasteiger partial charge in [0.25, 0.3) is 0 Å². The normalized spacial score (nSPS) is 12.5. The molecule has 0 radical (unpaired) electrons. The Bertz CT molecular complexity index is 1040. The molecule has 1 aromatic heterocycles. The fraction of sp³-hybridized carbons (Fsp3) is 0.429. The van der Waals surface area contributed by atoms with Gasteiger partial charge in [-0.3, -0.25) is 4.79 Å². The van der Waals surface area contributed by atoms with Crippen molar-refractivity contribution in [1.82, 2.24) is 9.55 Å². The molecule has 2 aromatic carbocycles. The number of imidazole rings is 1. The first-order valence-corrected chi connectivity index (χ1v) is 12.3. The van der Waals surface area contributed by atoms with E-state index in [0.717, 1.165) is 53.1 Å². The molecule has 1 atom stereocenters. The topological polar surface area (TPSA) is 46.9 Å². The number of hydrogen-bond acceptors (Lipinski definition) is 2. The zero-order valence-electron chi connectivity index (χ0n) is 20.3. The molecule has 1 heterocycles. The molecule has 0 aliphatic carbocycles. The highest BCUT2D eigenvalue weighted by Gasteiger charge is 2.22. The highest BCUT2D eigenvalue weighted by atomic mass is 35.5. The number of carbonyl (C=O) groups excluding carboxylic acids is 1. The van der Waals surface area contributed by atoms with Crippen LogP contribution in [0.1, 0.15) is 82.4 Å². The Hall–Kier alpha value is -2.59. The molecule has 33 heavy (non-hydrogen) atoms. The van der Waals surface area contributed by atoms with Crippen LogP contribution in [0.2, 0.25) is 5.02 Å². The first kappa shape index (κ1) is 25.0. The number of nitrogens with one attached hydrogen (secondary N) is 1. The molecule has 3 aromatic rings. The molecular formula is C28H36ClN3O. The van der Waals surface area contributed by atoms with Crippen molar-refractivity contribution < 1.29 is 4.79 Å². The lowest BCUT2D eigenvalue weighted by Crippen LogP contribution is -2.21. The number of carbonyl (C=O) groups is 1. The van der Waals surface area contributed by atoms with Crippen LogP contribution in [0, 0.1) is 0 Å². The van der Waals surface area contributed by atoms with Crippen LogP contribution >= 0.6 is 11.6 Å². The summed E-state index contributed by atoms with van der Waals surface area (Å²) in [5, 5.41) is 3.98. The van der Waals surface area contributed by atoms with Gasteiger partial charge in [-0.1, -0.05) is 88.9 Å². The zero-order chi connectivity index (χ0) is 23.8. The monoisotopic (exact) mass is 465 g/mol. The second-order valence-electron chi connectivity index (χ2n) is 9.83. The van der Waals surface area contributed by atoms with E-state index in [9.17, 15) is 4.79 Å². The molecule has 0 bridgehead atoms. The van der Waals surface area contributed by atoms with Crippen molar-refractivity contribution in [1.29, 1.82) is 0 Å². The fourth-order valence-corrected chi connectivity index (χ4v) is 4.57. The van der Waals surface area contributed by atoms with Gasteiger partial charge in [0.15, 0.2) is 0 Å². The Morgan fingerprint density at radius 3 is 2.61 bits per heavy atom. The highest BCUT2D eigenvalue weighted by Crippen LogP contribution is 2.34. The van der Waals surface area contributed by atoms with Gasteiger partial charge in [-0.25, -0.2) is 4.98 Å². The average molecular weight is 466 g/mol. The van der Waals surface area contributed by atoms with Crippen molar-refractivity contribution in [3.8, 4) is 0 Å². The van der Waals surface area contributed by atoms with E-state index in [1.54, 1.807) is 12.5 Å². The Morgan fingerprint density at radius 2 is 1.94 bits per heavy atom. The summed E-state index contributed by atoms with van der Waals surface area (Å²) < 4.78 is 2.03. The molecule has 1 amide bonds. The zero-order valence-corrected chi connectivity index (χ0v) is 21.0. The van der Waals surface area contributed by atoms with E-state index >= 15 is 0 Å². The van der Waals surface area contributed by atoms with E-state index in [1.165, 1.54) is 0 Å². The summed E-state index contributed by atoms with van der Waals surface area (Å²) in [4.78, 5) is 17.4. The maximum atomic E-state index is 13.3. The summed E-state index contributed by atoms with van der Waals surface area (Å²) in [5.41, 5.74) is 4.12. The maximum Gasteiger partial charge on any atom is 0.224 e. The molecule has 0 saturated carbocycles. The predicted molar refractivity (Wildman–Crippen MR) is 138 cm³/mol. The third-order valence-electron chi connectivity index (χ3n) is 6.02. The van der Waals surface area contributed by atoms with Gasteiger partial charge in [-0.05, 0) is 46.6 Å². The molecule has 0 fully saturated rings. The lowest BCUT2D eigenvalue weighted by atomic mass is 9.85. The van der Waals surface area contributed by atoms with Gasteiger partial charge < -0.3 is 9.88 Å². The van der Waals surface area contributed by atoms with Gasteiger partial charge in [0.05, 0.1) is 6.33 Å². The molecule has 0 aliphatic rings. The largest absolute Gasteiger partial charge is 0.333 e. The first-order chi connectivity index (χ1) is 15.8. The van der Waals surface area contributed by atoms with E-state index in [0.29, 0.717) is 13.0 Å². The summed E-state index contributed by atoms with van der Waals surface area (Å²) in [5.74, 6) is 0.138. The molecular weight excluding hydrogens is 430 g/mol. The van der Waals surface area contributed by atoms with Crippen molar-refractivity contribution in [3.63, 3.8) is 0 Å². The number of nitrogens with zero attached hydrogens (tertiary/aromatic N) is 2. The second kappa shape index (κ2) is 11.5. The van der Waals surface area contributed by atoms with Crippen molar-refractivity contribution in [2.45, 2.75) is 77.7 Å². The van der Waals surface area contributed by atoms with Crippen LogP contribution in [0.3, 0.4) is 0 Å².